The van der Waals surface area contributed by atoms with Gasteiger partial charge < -0.3 is 5.02 Å². The molecule has 0 aliphatic rings. The van der Waals surface area contributed by atoms with E-state index in [1.807, 2.05) is 30.3 Å². The van der Waals surface area contributed by atoms with Crippen LogP contribution in [0.1, 0.15) is 5.56 Å². The van der Waals surface area contributed by atoms with Crippen LogP contribution in [-0.4, -0.2) is 12.5 Å². The Morgan fingerprint density at radius 1 is 1.27 bits per heavy atom. The molecule has 0 saturated heterocycles. The van der Waals surface area contributed by atoms with Gasteiger partial charge in [-0.3, -0.25) is 0 Å². The van der Waals surface area contributed by atoms with Crippen molar-refractivity contribution in [1.29, 1.82) is 0 Å². The van der Waals surface area contributed by atoms with Gasteiger partial charge in [-0.1, -0.05) is 35.8 Å². The maximum Gasteiger partial charge on any atom is 0.297 e. The lowest BCUT2D eigenvalue weighted by atomic mass is 10.0. The number of halogens is 1. The molecule has 0 aliphatic heterocycles. The molecule has 0 heterocycles. The van der Waals surface area contributed by atoms with Crippen molar-refractivity contribution in [2.24, 2.45) is 0 Å². The molecule has 0 amide bonds. The van der Waals surface area contributed by atoms with Crippen LogP contribution in [0.2, 0.25) is 5.02 Å². The summed E-state index contributed by atoms with van der Waals surface area (Å²) in [7, 11) is 0.0721. The molecule has 1 N–H and O–H groups in total. The Bertz CT molecular complexity index is 243. The Kier molecular flexibility index (Phi) is 3.21. The molecule has 0 atom stereocenters. The van der Waals surface area contributed by atoms with Crippen molar-refractivity contribution >= 4 is 25.2 Å². The van der Waals surface area contributed by atoms with Gasteiger partial charge in [0.25, 0.3) is 7.48 Å². The Balaban J connectivity index is 2.73. The third kappa shape index (κ3) is 2.79. The molecular weight excluding hydrogens is 158 g/mol. The van der Waals surface area contributed by atoms with Crippen molar-refractivity contribution in [2.45, 2.75) is 0 Å². The van der Waals surface area contributed by atoms with Gasteiger partial charge in [-0.05, 0) is 17.7 Å². The predicted molar refractivity (Wildman–Crippen MR) is 49.9 cm³/mol. The minimum absolute atomic E-state index is 0.0721. The molecule has 3 heteroatoms. The smallest absolute Gasteiger partial charge is 0.297 e. The number of benzene rings is 1. The molecule has 1 aromatic carbocycles. The SMILES string of the molecule is OB/C=C/c1ccc(Cl)cc1. The van der Waals surface area contributed by atoms with Crippen LogP contribution >= 0.6 is 11.6 Å². The Morgan fingerprint density at radius 3 is 2.45 bits per heavy atom. The molecular formula is C8H8BClO. The third-order valence-corrected chi connectivity index (χ3v) is 1.54. The summed E-state index contributed by atoms with van der Waals surface area (Å²) < 4.78 is 0. The quantitative estimate of drug-likeness (QED) is 0.663. The zero-order chi connectivity index (χ0) is 8.10. The van der Waals surface area contributed by atoms with Gasteiger partial charge >= 0.3 is 0 Å². The molecule has 0 unspecified atom stereocenters. The minimum atomic E-state index is 0.0721. The third-order valence-electron chi connectivity index (χ3n) is 1.29. The molecule has 1 rings (SSSR count). The lowest BCUT2D eigenvalue weighted by molar-refractivity contribution is 0.615. The monoisotopic (exact) mass is 166 g/mol. The molecule has 1 nitrogen and oxygen atoms in total. The molecule has 1 aromatic rings. The van der Waals surface area contributed by atoms with Gasteiger partial charge in [0, 0.05) is 5.02 Å². The summed E-state index contributed by atoms with van der Waals surface area (Å²) in [6.45, 7) is 0. The molecule has 0 radical (unpaired) electrons. The molecule has 0 fully saturated rings. The van der Waals surface area contributed by atoms with Gasteiger partial charge in [0.2, 0.25) is 0 Å². The van der Waals surface area contributed by atoms with Gasteiger partial charge in [0.15, 0.2) is 0 Å². The molecule has 0 bridgehead atoms. The topological polar surface area (TPSA) is 20.2 Å². The molecule has 0 saturated carbocycles. The van der Waals surface area contributed by atoms with Crippen LogP contribution in [0.4, 0.5) is 0 Å². The minimum Gasteiger partial charge on any atom is -0.450 e. The van der Waals surface area contributed by atoms with E-state index < -0.39 is 0 Å². The predicted octanol–water partition coefficient (Wildman–Crippen LogP) is 1.65. The average molecular weight is 166 g/mol. The summed E-state index contributed by atoms with van der Waals surface area (Å²) in [6, 6.07) is 7.43. The van der Waals surface area contributed by atoms with Crippen LogP contribution < -0.4 is 0 Å². The van der Waals surface area contributed by atoms with E-state index in [1.54, 1.807) is 5.98 Å². The van der Waals surface area contributed by atoms with E-state index in [-0.39, 0.29) is 7.48 Å². The number of hydrogen-bond acceptors (Lipinski definition) is 1. The highest BCUT2D eigenvalue weighted by Crippen LogP contribution is 2.10. The molecule has 0 aliphatic carbocycles. The van der Waals surface area contributed by atoms with Gasteiger partial charge in [0.05, 0.1) is 0 Å². The second kappa shape index (κ2) is 4.22. The summed E-state index contributed by atoms with van der Waals surface area (Å²) in [5, 5.41) is 9.20. The van der Waals surface area contributed by atoms with Gasteiger partial charge in [-0.2, -0.15) is 0 Å². The lowest BCUT2D eigenvalue weighted by Crippen LogP contribution is -1.77. The highest BCUT2D eigenvalue weighted by Gasteiger charge is 1.86. The van der Waals surface area contributed by atoms with Crippen LogP contribution in [-0.2, 0) is 0 Å². The van der Waals surface area contributed by atoms with E-state index in [2.05, 4.69) is 0 Å². The number of rotatable bonds is 2. The van der Waals surface area contributed by atoms with E-state index in [1.165, 1.54) is 0 Å². The van der Waals surface area contributed by atoms with Crippen LogP contribution in [0, 0.1) is 0 Å². The van der Waals surface area contributed by atoms with E-state index >= 15 is 0 Å². The highest BCUT2D eigenvalue weighted by molar-refractivity contribution is 6.34. The van der Waals surface area contributed by atoms with Gasteiger partial charge in [-0.25, -0.2) is 0 Å². The zero-order valence-electron chi connectivity index (χ0n) is 6.00. The summed E-state index contributed by atoms with van der Waals surface area (Å²) in [6.07, 6.45) is 1.84. The first-order chi connectivity index (χ1) is 5.33. The van der Waals surface area contributed by atoms with Gasteiger partial charge in [-0.15, -0.1) is 0 Å². The van der Waals surface area contributed by atoms with Crippen molar-refractivity contribution in [1.82, 2.24) is 0 Å². The Labute approximate surface area is 71.6 Å². The molecule has 11 heavy (non-hydrogen) atoms. The standard InChI is InChI=1S/C8H8BClO/c10-8-3-1-7(2-4-8)5-6-9-11/h1-6,9,11H/b6-5+. The van der Waals surface area contributed by atoms with Crippen LogP contribution in [0.15, 0.2) is 30.2 Å². The van der Waals surface area contributed by atoms with E-state index in [0.717, 1.165) is 10.6 Å². The number of hydrogen-bond donors (Lipinski definition) is 1. The first-order valence-electron chi connectivity index (χ1n) is 3.36. The lowest BCUT2D eigenvalue weighted by Gasteiger charge is -1.91. The van der Waals surface area contributed by atoms with Crippen molar-refractivity contribution in [2.75, 3.05) is 0 Å². The Morgan fingerprint density at radius 2 is 1.91 bits per heavy atom. The summed E-state index contributed by atoms with van der Waals surface area (Å²) >= 11 is 5.67. The van der Waals surface area contributed by atoms with Crippen molar-refractivity contribution < 1.29 is 5.02 Å². The average Bonchev–Trinajstić information content (AvgIpc) is 2.04. The van der Waals surface area contributed by atoms with Crippen molar-refractivity contribution in [3.05, 3.63) is 40.8 Å². The Hall–Kier alpha value is -0.725. The summed E-state index contributed by atoms with van der Waals surface area (Å²) in [5.74, 6) is 1.68. The fourth-order valence-electron chi connectivity index (χ4n) is 0.763. The largest absolute Gasteiger partial charge is 0.450 e. The van der Waals surface area contributed by atoms with E-state index in [9.17, 15) is 0 Å². The molecule has 0 spiro atoms. The van der Waals surface area contributed by atoms with E-state index in [0.29, 0.717) is 0 Å². The van der Waals surface area contributed by atoms with Crippen LogP contribution in [0.25, 0.3) is 6.08 Å². The molecule has 56 valence electrons. The van der Waals surface area contributed by atoms with Gasteiger partial charge in [0.1, 0.15) is 0 Å². The van der Waals surface area contributed by atoms with Crippen LogP contribution in [0.5, 0.6) is 0 Å². The normalized spacial score (nSPS) is 10.4. The maximum atomic E-state index is 8.47. The fourth-order valence-corrected chi connectivity index (χ4v) is 0.889. The first kappa shape index (κ1) is 8.37. The van der Waals surface area contributed by atoms with E-state index in [4.69, 9.17) is 16.6 Å². The molecule has 0 aromatic heterocycles. The first-order valence-corrected chi connectivity index (χ1v) is 3.73. The zero-order valence-corrected chi connectivity index (χ0v) is 6.75. The summed E-state index contributed by atoms with van der Waals surface area (Å²) in [5.41, 5.74) is 1.04. The second-order valence-electron chi connectivity index (χ2n) is 2.14. The fraction of sp³-hybridized carbons (Fsp3) is 0. The van der Waals surface area contributed by atoms with Crippen molar-refractivity contribution in [3.8, 4) is 0 Å². The highest BCUT2D eigenvalue weighted by atomic mass is 35.5. The van der Waals surface area contributed by atoms with Crippen molar-refractivity contribution in [3.63, 3.8) is 0 Å². The summed E-state index contributed by atoms with van der Waals surface area (Å²) in [4.78, 5) is 0. The second-order valence-corrected chi connectivity index (χ2v) is 2.57. The van der Waals surface area contributed by atoms with Crippen LogP contribution in [0.3, 0.4) is 0 Å². The maximum absolute atomic E-state index is 8.47.